The van der Waals surface area contributed by atoms with E-state index in [9.17, 15) is 14.0 Å². The fourth-order valence-corrected chi connectivity index (χ4v) is 3.56. The second kappa shape index (κ2) is 9.59. The summed E-state index contributed by atoms with van der Waals surface area (Å²) in [5.41, 5.74) is 3.43. The zero-order valence-corrected chi connectivity index (χ0v) is 17.6. The maximum atomic E-state index is 14.8. The van der Waals surface area contributed by atoms with Crippen LogP contribution in [0, 0.1) is 5.82 Å². The molecule has 1 fully saturated rings. The Morgan fingerprint density at radius 3 is 2.81 bits per heavy atom. The van der Waals surface area contributed by atoms with E-state index < -0.39 is 18.0 Å². The first-order valence-corrected chi connectivity index (χ1v) is 10.4. The van der Waals surface area contributed by atoms with E-state index in [1.807, 2.05) is 12.1 Å². The Morgan fingerprint density at radius 1 is 1.25 bits per heavy atom. The number of aryl methyl sites for hydroxylation is 2. The van der Waals surface area contributed by atoms with E-state index in [4.69, 9.17) is 9.26 Å². The van der Waals surface area contributed by atoms with Crippen molar-refractivity contribution in [2.45, 2.75) is 32.3 Å². The molecule has 2 amide bonds. The molecule has 0 saturated carbocycles. The largest absolute Gasteiger partial charge is 0.442 e. The highest BCUT2D eigenvalue weighted by Crippen LogP contribution is 2.29. The number of hydrogen-bond donors (Lipinski definition) is 1. The lowest BCUT2D eigenvalue weighted by Gasteiger charge is -2.14. The second-order valence-electron chi connectivity index (χ2n) is 7.64. The first-order valence-electron chi connectivity index (χ1n) is 10.4. The van der Waals surface area contributed by atoms with Crippen LogP contribution in [0.3, 0.4) is 0 Å². The van der Waals surface area contributed by atoms with E-state index in [0.29, 0.717) is 16.8 Å². The molecule has 3 heterocycles. The van der Waals surface area contributed by atoms with Crippen molar-refractivity contribution in [2.75, 3.05) is 18.0 Å². The number of carbonyl (C=O) groups is 2. The second-order valence-corrected chi connectivity index (χ2v) is 7.64. The van der Waals surface area contributed by atoms with Gasteiger partial charge in [-0.2, -0.15) is 0 Å². The Balaban J connectivity index is 1.38. The summed E-state index contributed by atoms with van der Waals surface area (Å²) < 4.78 is 24.9. The van der Waals surface area contributed by atoms with Gasteiger partial charge in [0.2, 0.25) is 5.91 Å². The third kappa shape index (κ3) is 5.11. The summed E-state index contributed by atoms with van der Waals surface area (Å²) in [6.45, 7) is 1.85. The quantitative estimate of drug-likeness (QED) is 0.578. The molecule has 166 valence electrons. The highest BCUT2D eigenvalue weighted by atomic mass is 19.1. The lowest BCUT2D eigenvalue weighted by Crippen LogP contribution is -2.33. The smallest absolute Gasteiger partial charge is 0.414 e. The molecule has 1 aliphatic heterocycles. The number of aromatic nitrogens is 2. The third-order valence-electron chi connectivity index (χ3n) is 5.23. The van der Waals surface area contributed by atoms with Crippen LogP contribution >= 0.6 is 0 Å². The van der Waals surface area contributed by atoms with Gasteiger partial charge in [-0.3, -0.25) is 14.7 Å². The monoisotopic (exact) mass is 438 g/mol. The molecule has 2 aromatic heterocycles. The minimum atomic E-state index is -0.565. The molecule has 1 aromatic carbocycles. The minimum Gasteiger partial charge on any atom is -0.442 e. The summed E-state index contributed by atoms with van der Waals surface area (Å²) >= 11 is 0. The maximum Gasteiger partial charge on any atom is 0.414 e. The summed E-state index contributed by atoms with van der Waals surface area (Å²) in [5.74, 6) is -0.660. The van der Waals surface area contributed by atoms with Crippen LogP contribution < -0.4 is 10.2 Å². The van der Waals surface area contributed by atoms with Gasteiger partial charge in [0, 0.05) is 35.5 Å². The minimum absolute atomic E-state index is 0.204. The molecule has 1 saturated heterocycles. The Labute approximate surface area is 184 Å². The van der Waals surface area contributed by atoms with Gasteiger partial charge in [0.15, 0.2) is 0 Å². The number of cyclic esters (lactones) is 1. The molecule has 0 radical (unpaired) electrons. The molecule has 0 spiro atoms. The summed E-state index contributed by atoms with van der Waals surface area (Å²) in [6, 6.07) is 8.34. The number of halogens is 1. The van der Waals surface area contributed by atoms with Crippen LogP contribution in [0.5, 0.6) is 0 Å². The SMILES string of the molecule is CC(=O)NC[C@H]1CN(c2ccc(-c3ccc(CCCc4cnoc4)nc3)c(F)c2)C(=O)O1. The fraction of sp³-hybridized carbons (Fsp3) is 0.304. The van der Waals surface area contributed by atoms with E-state index in [1.165, 1.54) is 17.9 Å². The molecule has 0 bridgehead atoms. The van der Waals surface area contributed by atoms with E-state index in [2.05, 4.69) is 15.5 Å². The average molecular weight is 438 g/mol. The van der Waals surface area contributed by atoms with Crippen LogP contribution in [0.25, 0.3) is 11.1 Å². The molecule has 1 aliphatic rings. The Kier molecular flexibility index (Phi) is 6.44. The predicted octanol–water partition coefficient (Wildman–Crippen LogP) is 3.51. The molecule has 8 nitrogen and oxygen atoms in total. The van der Waals surface area contributed by atoms with Gasteiger partial charge in [-0.1, -0.05) is 11.2 Å². The van der Waals surface area contributed by atoms with Crippen LogP contribution in [0.1, 0.15) is 24.6 Å². The van der Waals surface area contributed by atoms with Crippen LogP contribution in [-0.4, -0.2) is 41.3 Å². The molecule has 32 heavy (non-hydrogen) atoms. The van der Waals surface area contributed by atoms with Crippen LogP contribution in [0.4, 0.5) is 14.9 Å². The van der Waals surface area contributed by atoms with Gasteiger partial charge in [-0.15, -0.1) is 0 Å². The third-order valence-corrected chi connectivity index (χ3v) is 5.23. The predicted molar refractivity (Wildman–Crippen MR) is 114 cm³/mol. The van der Waals surface area contributed by atoms with Crippen molar-refractivity contribution in [3.05, 3.63) is 66.1 Å². The Bertz CT molecular complexity index is 1090. The van der Waals surface area contributed by atoms with Gasteiger partial charge in [0.1, 0.15) is 18.2 Å². The fourth-order valence-electron chi connectivity index (χ4n) is 3.56. The Morgan fingerprint density at radius 2 is 2.12 bits per heavy atom. The van der Waals surface area contributed by atoms with Gasteiger partial charge in [0.25, 0.3) is 0 Å². The lowest BCUT2D eigenvalue weighted by atomic mass is 10.0. The summed E-state index contributed by atoms with van der Waals surface area (Å²) in [4.78, 5) is 29.0. The van der Waals surface area contributed by atoms with Crippen LogP contribution in [0.2, 0.25) is 0 Å². The molecule has 1 N–H and O–H groups in total. The molecule has 0 aliphatic carbocycles. The van der Waals surface area contributed by atoms with Crippen molar-refractivity contribution in [2.24, 2.45) is 0 Å². The van der Waals surface area contributed by atoms with Crippen molar-refractivity contribution in [1.82, 2.24) is 15.5 Å². The number of ether oxygens (including phenoxy) is 1. The number of rotatable bonds is 8. The van der Waals surface area contributed by atoms with Crippen LogP contribution in [0.15, 0.2) is 53.5 Å². The zero-order valence-electron chi connectivity index (χ0n) is 17.6. The van der Waals surface area contributed by atoms with E-state index in [-0.39, 0.29) is 19.0 Å². The van der Waals surface area contributed by atoms with Gasteiger partial charge >= 0.3 is 6.09 Å². The van der Waals surface area contributed by atoms with Gasteiger partial charge in [-0.25, -0.2) is 9.18 Å². The van der Waals surface area contributed by atoms with Gasteiger partial charge < -0.3 is 14.6 Å². The topological polar surface area (TPSA) is 97.6 Å². The molecule has 3 aromatic rings. The van der Waals surface area contributed by atoms with Crippen LogP contribution in [-0.2, 0) is 22.4 Å². The number of hydrogen-bond acceptors (Lipinski definition) is 6. The first kappa shape index (κ1) is 21.5. The highest BCUT2D eigenvalue weighted by molar-refractivity contribution is 5.90. The number of anilines is 1. The number of nitrogens with zero attached hydrogens (tertiary/aromatic N) is 3. The summed E-state index contributed by atoms with van der Waals surface area (Å²) in [6.07, 6.45) is 6.51. The number of nitrogens with one attached hydrogen (secondary N) is 1. The van der Waals surface area contributed by atoms with Crippen molar-refractivity contribution in [3.8, 4) is 11.1 Å². The van der Waals surface area contributed by atoms with Crippen molar-refractivity contribution in [3.63, 3.8) is 0 Å². The molecule has 1 atom stereocenters. The van der Waals surface area contributed by atoms with Crippen molar-refractivity contribution in [1.29, 1.82) is 0 Å². The standard InChI is InChI=1S/C23H23FN4O4/c1-15(29)25-12-20-13-28(23(30)32-20)19-7-8-21(22(24)9-19)17-5-6-18(26-11-17)4-2-3-16-10-27-31-14-16/h5-11,14,20H,2-4,12-13H2,1H3,(H,25,29)/t20-/m0/s1. The molecule has 4 rings (SSSR count). The number of pyridine rings is 1. The Hall–Kier alpha value is -3.75. The van der Waals surface area contributed by atoms with Crippen molar-refractivity contribution < 1.29 is 23.2 Å². The first-order chi connectivity index (χ1) is 15.5. The molecular weight excluding hydrogens is 415 g/mol. The maximum absolute atomic E-state index is 14.8. The lowest BCUT2D eigenvalue weighted by molar-refractivity contribution is -0.119. The highest BCUT2D eigenvalue weighted by Gasteiger charge is 2.32. The number of carbonyl (C=O) groups excluding carboxylic acids is 2. The summed E-state index contributed by atoms with van der Waals surface area (Å²) in [7, 11) is 0. The van der Waals surface area contributed by atoms with Gasteiger partial charge in [0.05, 0.1) is 25.0 Å². The van der Waals surface area contributed by atoms with Crippen molar-refractivity contribution >= 4 is 17.7 Å². The zero-order chi connectivity index (χ0) is 22.5. The van der Waals surface area contributed by atoms with Gasteiger partial charge in [-0.05, 0) is 43.5 Å². The average Bonchev–Trinajstić information content (AvgIpc) is 3.42. The van der Waals surface area contributed by atoms with E-state index in [0.717, 1.165) is 30.5 Å². The number of amides is 2. The molecular formula is C23H23FN4O4. The molecule has 9 heteroatoms. The summed E-state index contributed by atoms with van der Waals surface area (Å²) in [5, 5.41) is 6.30. The van der Waals surface area contributed by atoms with E-state index >= 15 is 0 Å². The molecule has 0 unspecified atom stereocenters. The number of benzene rings is 1. The van der Waals surface area contributed by atoms with E-state index in [1.54, 1.807) is 30.8 Å². The normalized spacial score (nSPS) is 15.6.